The van der Waals surface area contributed by atoms with Crippen molar-refractivity contribution in [3.8, 4) is 0 Å². The fraction of sp³-hybridized carbons (Fsp3) is 0.357. The number of carbonyl (C=O) groups is 1. The number of hydrogen-bond acceptors (Lipinski definition) is 2. The summed E-state index contributed by atoms with van der Waals surface area (Å²) in [6, 6.07) is 6.00. The van der Waals surface area contributed by atoms with Crippen LogP contribution < -0.4 is 11.1 Å². The van der Waals surface area contributed by atoms with Gasteiger partial charge in [0.05, 0.1) is 11.1 Å². The van der Waals surface area contributed by atoms with E-state index in [1.165, 1.54) is 5.56 Å². The normalized spacial score (nSPS) is 19.5. The van der Waals surface area contributed by atoms with Crippen LogP contribution in [-0.4, -0.2) is 24.0 Å². The number of aromatic amines is 1. The number of hydrogen-bond donors (Lipinski definition) is 3. The molecule has 94 valence electrons. The Morgan fingerprint density at radius 1 is 1.44 bits per heavy atom. The summed E-state index contributed by atoms with van der Waals surface area (Å²) in [5.74, 6) is 0.155. The lowest BCUT2D eigenvalue weighted by molar-refractivity contribution is 0.100. The van der Waals surface area contributed by atoms with Gasteiger partial charge in [0.1, 0.15) is 0 Å². The van der Waals surface area contributed by atoms with E-state index in [4.69, 9.17) is 5.73 Å². The molecule has 18 heavy (non-hydrogen) atoms. The molecule has 0 radical (unpaired) electrons. The van der Waals surface area contributed by atoms with Gasteiger partial charge in [0, 0.05) is 17.6 Å². The van der Waals surface area contributed by atoms with Crippen molar-refractivity contribution in [2.75, 3.05) is 13.1 Å². The molecule has 0 spiro atoms. The Bertz CT molecular complexity index is 609. The van der Waals surface area contributed by atoms with Gasteiger partial charge in [-0.3, -0.25) is 4.79 Å². The third kappa shape index (κ3) is 1.69. The van der Waals surface area contributed by atoms with Crippen LogP contribution in [0.15, 0.2) is 18.2 Å². The minimum Gasteiger partial charge on any atom is -0.366 e. The molecule has 4 nitrogen and oxygen atoms in total. The van der Waals surface area contributed by atoms with Gasteiger partial charge in [-0.05, 0) is 43.5 Å². The quantitative estimate of drug-likeness (QED) is 0.750. The van der Waals surface area contributed by atoms with Crippen molar-refractivity contribution in [2.24, 2.45) is 5.73 Å². The minimum absolute atomic E-state index is 0.377. The fourth-order valence-corrected chi connectivity index (χ4v) is 2.86. The smallest absolute Gasteiger partial charge is 0.250 e. The molecular formula is C14H17N3O. The first-order valence-corrected chi connectivity index (χ1v) is 6.29. The summed E-state index contributed by atoms with van der Waals surface area (Å²) >= 11 is 0. The first-order valence-electron chi connectivity index (χ1n) is 6.29. The van der Waals surface area contributed by atoms with Crippen LogP contribution in [0.4, 0.5) is 0 Å². The molecule has 1 aliphatic heterocycles. The highest BCUT2D eigenvalue weighted by atomic mass is 16.1. The zero-order valence-electron chi connectivity index (χ0n) is 10.4. The molecule has 1 saturated heterocycles. The van der Waals surface area contributed by atoms with E-state index in [9.17, 15) is 4.79 Å². The van der Waals surface area contributed by atoms with Gasteiger partial charge in [-0.2, -0.15) is 0 Å². The van der Waals surface area contributed by atoms with Crippen molar-refractivity contribution in [3.05, 3.63) is 35.0 Å². The van der Waals surface area contributed by atoms with Crippen LogP contribution in [0.2, 0.25) is 0 Å². The van der Waals surface area contributed by atoms with Crippen LogP contribution in [0.3, 0.4) is 0 Å². The molecule has 1 amide bonds. The highest BCUT2D eigenvalue weighted by molar-refractivity contribution is 6.06. The van der Waals surface area contributed by atoms with E-state index in [0.29, 0.717) is 11.5 Å². The molecule has 1 fully saturated rings. The van der Waals surface area contributed by atoms with E-state index in [2.05, 4.69) is 16.4 Å². The van der Waals surface area contributed by atoms with E-state index in [-0.39, 0.29) is 5.91 Å². The number of H-pyrrole nitrogens is 1. The Hall–Kier alpha value is -1.81. The average molecular weight is 243 g/mol. The second kappa shape index (κ2) is 4.14. The van der Waals surface area contributed by atoms with Gasteiger partial charge in [0.25, 0.3) is 5.91 Å². The molecule has 1 unspecified atom stereocenters. The molecule has 1 aromatic carbocycles. The van der Waals surface area contributed by atoms with Crippen molar-refractivity contribution >= 4 is 16.8 Å². The molecule has 3 rings (SSSR count). The van der Waals surface area contributed by atoms with E-state index in [1.54, 1.807) is 0 Å². The summed E-state index contributed by atoms with van der Waals surface area (Å²) in [6.07, 6.45) is 1.15. The topological polar surface area (TPSA) is 70.9 Å². The molecule has 0 aliphatic carbocycles. The fourth-order valence-electron chi connectivity index (χ4n) is 2.86. The molecular weight excluding hydrogens is 226 g/mol. The number of fused-ring (bicyclic) bond motifs is 1. The molecule has 2 aromatic rings. The van der Waals surface area contributed by atoms with Gasteiger partial charge in [0.15, 0.2) is 0 Å². The van der Waals surface area contributed by atoms with Crippen LogP contribution in [0, 0.1) is 6.92 Å². The van der Waals surface area contributed by atoms with Crippen molar-refractivity contribution in [2.45, 2.75) is 19.3 Å². The van der Waals surface area contributed by atoms with Crippen molar-refractivity contribution in [3.63, 3.8) is 0 Å². The predicted octanol–water partition coefficient (Wildman–Crippen LogP) is 1.65. The molecule has 4 N–H and O–H groups in total. The number of amides is 1. The van der Waals surface area contributed by atoms with E-state index >= 15 is 0 Å². The van der Waals surface area contributed by atoms with Gasteiger partial charge in [-0.1, -0.05) is 6.07 Å². The molecule has 0 saturated carbocycles. The van der Waals surface area contributed by atoms with Gasteiger partial charge in [0.2, 0.25) is 0 Å². The highest BCUT2D eigenvalue weighted by Crippen LogP contribution is 2.31. The zero-order chi connectivity index (χ0) is 12.7. The monoisotopic (exact) mass is 243 g/mol. The molecule has 1 atom stereocenters. The Morgan fingerprint density at radius 2 is 2.28 bits per heavy atom. The molecule has 2 heterocycles. The standard InChI is InChI=1S/C14H17N3O/c1-8-6-12-10(9-4-5-16-7-9)2-3-11(14(15)18)13(12)17-8/h2-3,6,9,16-17H,4-5,7H2,1H3,(H2,15,18). The molecule has 0 bridgehead atoms. The third-order valence-electron chi connectivity index (χ3n) is 3.73. The van der Waals surface area contributed by atoms with Gasteiger partial charge >= 0.3 is 0 Å². The van der Waals surface area contributed by atoms with Crippen LogP contribution in [0.25, 0.3) is 10.9 Å². The number of rotatable bonds is 2. The van der Waals surface area contributed by atoms with E-state index in [1.807, 2.05) is 19.1 Å². The number of benzene rings is 1. The van der Waals surface area contributed by atoms with Crippen LogP contribution in [0.5, 0.6) is 0 Å². The minimum atomic E-state index is -0.377. The lowest BCUT2D eigenvalue weighted by Crippen LogP contribution is -2.12. The first-order chi connectivity index (χ1) is 8.66. The largest absolute Gasteiger partial charge is 0.366 e. The van der Waals surface area contributed by atoms with Crippen LogP contribution >= 0.6 is 0 Å². The molecule has 1 aliphatic rings. The number of nitrogens with one attached hydrogen (secondary N) is 2. The molecule has 1 aromatic heterocycles. The van der Waals surface area contributed by atoms with Crippen molar-refractivity contribution in [1.82, 2.24) is 10.3 Å². The summed E-state index contributed by atoms with van der Waals surface area (Å²) in [6.45, 7) is 4.07. The average Bonchev–Trinajstić information content (AvgIpc) is 2.94. The Labute approximate surface area is 106 Å². The van der Waals surface area contributed by atoms with Crippen molar-refractivity contribution < 1.29 is 4.79 Å². The summed E-state index contributed by atoms with van der Waals surface area (Å²) in [5, 5.41) is 4.51. The highest BCUT2D eigenvalue weighted by Gasteiger charge is 2.21. The first kappa shape index (κ1) is 11.3. The van der Waals surface area contributed by atoms with Crippen molar-refractivity contribution in [1.29, 1.82) is 0 Å². The van der Waals surface area contributed by atoms with Crippen LogP contribution in [0.1, 0.15) is 34.0 Å². The Morgan fingerprint density at radius 3 is 2.94 bits per heavy atom. The van der Waals surface area contributed by atoms with Crippen LogP contribution in [-0.2, 0) is 0 Å². The summed E-state index contributed by atoms with van der Waals surface area (Å²) in [4.78, 5) is 14.7. The van der Waals surface area contributed by atoms with E-state index < -0.39 is 0 Å². The number of aryl methyl sites for hydroxylation is 1. The Balaban J connectivity index is 2.22. The zero-order valence-corrected chi connectivity index (χ0v) is 10.4. The second-order valence-electron chi connectivity index (χ2n) is 5.00. The number of primary amides is 1. The summed E-state index contributed by atoms with van der Waals surface area (Å²) < 4.78 is 0. The summed E-state index contributed by atoms with van der Waals surface area (Å²) in [7, 11) is 0. The lowest BCUT2D eigenvalue weighted by Gasteiger charge is -2.11. The third-order valence-corrected chi connectivity index (χ3v) is 3.73. The summed E-state index contributed by atoms with van der Waals surface area (Å²) in [5.41, 5.74) is 9.25. The Kier molecular flexibility index (Phi) is 2.59. The van der Waals surface area contributed by atoms with Gasteiger partial charge in [-0.15, -0.1) is 0 Å². The van der Waals surface area contributed by atoms with Gasteiger partial charge < -0.3 is 16.0 Å². The maximum Gasteiger partial charge on any atom is 0.250 e. The number of aromatic nitrogens is 1. The number of carbonyl (C=O) groups excluding carboxylic acids is 1. The SMILES string of the molecule is Cc1cc2c(C3CCNC3)ccc(C(N)=O)c2[nH]1. The van der Waals surface area contributed by atoms with Gasteiger partial charge in [-0.25, -0.2) is 0 Å². The predicted molar refractivity (Wildman–Crippen MR) is 71.8 cm³/mol. The lowest BCUT2D eigenvalue weighted by atomic mass is 9.93. The maximum atomic E-state index is 11.4. The maximum absolute atomic E-state index is 11.4. The second-order valence-corrected chi connectivity index (χ2v) is 5.00. The molecule has 4 heteroatoms. The number of nitrogens with two attached hydrogens (primary N) is 1. The van der Waals surface area contributed by atoms with E-state index in [0.717, 1.165) is 36.1 Å².